The van der Waals surface area contributed by atoms with Gasteiger partial charge in [-0.25, -0.2) is 0 Å². The molecule has 0 aliphatic carbocycles. The molecule has 1 aromatic carbocycles. The van der Waals surface area contributed by atoms with Gasteiger partial charge >= 0.3 is 0 Å². The maximum absolute atomic E-state index is 11.7. The number of nitrogens with one attached hydrogen (secondary N) is 1. The van der Waals surface area contributed by atoms with Crippen molar-refractivity contribution in [2.24, 2.45) is 0 Å². The van der Waals surface area contributed by atoms with Crippen LogP contribution in [0.1, 0.15) is 33.3 Å². The fourth-order valence-corrected chi connectivity index (χ4v) is 1.64. The van der Waals surface area contributed by atoms with Gasteiger partial charge in [0.25, 0.3) is 5.91 Å². The summed E-state index contributed by atoms with van der Waals surface area (Å²) in [4.78, 5) is 11.7. The van der Waals surface area contributed by atoms with E-state index < -0.39 is 0 Å². The maximum Gasteiger partial charge on any atom is 0.258 e. The SMILES string of the molecule is CCOc1cc(CO)ccc1OCC(=O)NC(C)(C)C. The van der Waals surface area contributed by atoms with Gasteiger partial charge in [-0.15, -0.1) is 0 Å². The fourth-order valence-electron chi connectivity index (χ4n) is 1.64. The lowest BCUT2D eigenvalue weighted by Gasteiger charge is -2.20. The standard InChI is InChI=1S/C15H23NO4/c1-5-19-13-8-11(9-17)6-7-12(13)20-10-14(18)16-15(2,3)4/h6-8,17H,5,9-10H2,1-4H3,(H,16,18). The Kier molecular flexibility index (Phi) is 5.82. The highest BCUT2D eigenvalue weighted by Gasteiger charge is 2.15. The molecule has 0 atom stereocenters. The van der Waals surface area contributed by atoms with E-state index in [1.807, 2.05) is 27.7 Å². The average Bonchev–Trinajstić information content (AvgIpc) is 2.35. The quantitative estimate of drug-likeness (QED) is 0.835. The van der Waals surface area contributed by atoms with Gasteiger partial charge in [0, 0.05) is 5.54 Å². The molecule has 0 bridgehead atoms. The van der Waals surface area contributed by atoms with Gasteiger partial charge in [-0.3, -0.25) is 4.79 Å². The van der Waals surface area contributed by atoms with Crippen molar-refractivity contribution >= 4 is 5.91 Å². The predicted octanol–water partition coefficient (Wildman–Crippen LogP) is 1.87. The van der Waals surface area contributed by atoms with Crippen LogP contribution in [0.15, 0.2) is 18.2 Å². The van der Waals surface area contributed by atoms with Crippen LogP contribution in [0, 0.1) is 0 Å². The Morgan fingerprint density at radius 3 is 2.50 bits per heavy atom. The van der Waals surface area contributed by atoms with Crippen LogP contribution in [0.4, 0.5) is 0 Å². The number of carbonyl (C=O) groups excluding carboxylic acids is 1. The Bertz CT molecular complexity index is 452. The molecule has 0 unspecified atom stereocenters. The lowest BCUT2D eigenvalue weighted by Crippen LogP contribution is -2.43. The summed E-state index contributed by atoms with van der Waals surface area (Å²) in [5.41, 5.74) is 0.448. The molecule has 1 aromatic rings. The van der Waals surface area contributed by atoms with E-state index in [0.717, 1.165) is 5.56 Å². The largest absolute Gasteiger partial charge is 0.490 e. The first-order valence-electron chi connectivity index (χ1n) is 6.66. The summed E-state index contributed by atoms with van der Waals surface area (Å²) in [5, 5.41) is 11.9. The summed E-state index contributed by atoms with van der Waals surface area (Å²) in [7, 11) is 0. The third-order valence-corrected chi connectivity index (χ3v) is 2.36. The van der Waals surface area contributed by atoms with Crippen molar-refractivity contribution in [2.75, 3.05) is 13.2 Å². The molecule has 1 rings (SSSR count). The molecule has 2 N–H and O–H groups in total. The van der Waals surface area contributed by atoms with Gasteiger partial charge in [-0.1, -0.05) is 6.07 Å². The van der Waals surface area contributed by atoms with Crippen molar-refractivity contribution < 1.29 is 19.4 Å². The van der Waals surface area contributed by atoms with E-state index in [1.165, 1.54) is 0 Å². The maximum atomic E-state index is 11.7. The minimum Gasteiger partial charge on any atom is -0.490 e. The second kappa shape index (κ2) is 7.14. The van der Waals surface area contributed by atoms with Crippen molar-refractivity contribution in [3.8, 4) is 11.5 Å². The molecule has 20 heavy (non-hydrogen) atoms. The van der Waals surface area contributed by atoms with Crippen molar-refractivity contribution in [1.29, 1.82) is 0 Å². The van der Waals surface area contributed by atoms with Crippen LogP contribution in [0.2, 0.25) is 0 Å². The molecule has 0 radical (unpaired) electrons. The highest BCUT2D eigenvalue weighted by molar-refractivity contribution is 5.78. The van der Waals surface area contributed by atoms with Crippen LogP contribution in [-0.4, -0.2) is 29.8 Å². The summed E-state index contributed by atoms with van der Waals surface area (Å²) in [5.74, 6) is 0.835. The highest BCUT2D eigenvalue weighted by Crippen LogP contribution is 2.28. The second-order valence-electron chi connectivity index (χ2n) is 5.46. The molecule has 0 aliphatic heterocycles. The number of ether oxygens (including phenoxy) is 2. The van der Waals surface area contributed by atoms with Crippen molar-refractivity contribution in [2.45, 2.75) is 39.8 Å². The molecule has 0 aliphatic rings. The first-order chi connectivity index (χ1) is 9.35. The smallest absolute Gasteiger partial charge is 0.258 e. The summed E-state index contributed by atoms with van der Waals surface area (Å²) in [6.45, 7) is 7.94. The number of rotatable bonds is 6. The lowest BCUT2D eigenvalue weighted by atomic mass is 10.1. The number of aliphatic hydroxyl groups is 1. The molecule has 0 spiro atoms. The number of amides is 1. The third kappa shape index (κ3) is 5.48. The Labute approximate surface area is 119 Å². The fraction of sp³-hybridized carbons (Fsp3) is 0.533. The number of benzene rings is 1. The number of hydrogen-bond acceptors (Lipinski definition) is 4. The number of carbonyl (C=O) groups is 1. The molecule has 0 saturated heterocycles. The molecule has 112 valence electrons. The number of hydrogen-bond donors (Lipinski definition) is 2. The third-order valence-electron chi connectivity index (χ3n) is 2.36. The topological polar surface area (TPSA) is 67.8 Å². The van der Waals surface area contributed by atoms with E-state index in [2.05, 4.69) is 5.32 Å². The minimum absolute atomic E-state index is 0.0646. The Morgan fingerprint density at radius 2 is 1.95 bits per heavy atom. The molecule has 0 heterocycles. The van der Waals surface area contributed by atoms with Gasteiger partial charge in [-0.05, 0) is 45.4 Å². The van der Waals surface area contributed by atoms with Crippen LogP contribution >= 0.6 is 0 Å². The molecule has 0 saturated carbocycles. The van der Waals surface area contributed by atoms with Crippen LogP contribution in [0.3, 0.4) is 0 Å². The zero-order chi connectivity index (χ0) is 15.2. The molecular formula is C15H23NO4. The molecule has 1 amide bonds. The van der Waals surface area contributed by atoms with E-state index in [0.29, 0.717) is 18.1 Å². The Morgan fingerprint density at radius 1 is 1.25 bits per heavy atom. The van der Waals surface area contributed by atoms with Crippen molar-refractivity contribution in [3.63, 3.8) is 0 Å². The highest BCUT2D eigenvalue weighted by atomic mass is 16.5. The van der Waals surface area contributed by atoms with Crippen molar-refractivity contribution in [1.82, 2.24) is 5.32 Å². The van der Waals surface area contributed by atoms with E-state index in [1.54, 1.807) is 18.2 Å². The van der Waals surface area contributed by atoms with Crippen LogP contribution in [-0.2, 0) is 11.4 Å². The van der Waals surface area contributed by atoms with Gasteiger partial charge in [0.05, 0.1) is 13.2 Å². The van der Waals surface area contributed by atoms with E-state index >= 15 is 0 Å². The minimum atomic E-state index is -0.288. The molecule has 5 heteroatoms. The van der Waals surface area contributed by atoms with E-state index in [4.69, 9.17) is 14.6 Å². The summed E-state index contributed by atoms with van der Waals surface area (Å²) in [6, 6.07) is 5.14. The molecule has 5 nitrogen and oxygen atoms in total. The van der Waals surface area contributed by atoms with Gasteiger partial charge in [-0.2, -0.15) is 0 Å². The van der Waals surface area contributed by atoms with E-state index in [9.17, 15) is 4.79 Å². The summed E-state index contributed by atoms with van der Waals surface area (Å²) < 4.78 is 10.9. The Balaban J connectivity index is 2.69. The average molecular weight is 281 g/mol. The number of aliphatic hydroxyl groups excluding tert-OH is 1. The van der Waals surface area contributed by atoms with Crippen LogP contribution < -0.4 is 14.8 Å². The first kappa shape index (κ1) is 16.3. The monoisotopic (exact) mass is 281 g/mol. The molecule has 0 fully saturated rings. The predicted molar refractivity (Wildman–Crippen MR) is 76.9 cm³/mol. The van der Waals surface area contributed by atoms with Gasteiger partial charge in [0.15, 0.2) is 18.1 Å². The van der Waals surface area contributed by atoms with Gasteiger partial charge in [0.2, 0.25) is 0 Å². The zero-order valence-electron chi connectivity index (χ0n) is 12.5. The second-order valence-corrected chi connectivity index (χ2v) is 5.46. The van der Waals surface area contributed by atoms with Crippen LogP contribution in [0.5, 0.6) is 11.5 Å². The van der Waals surface area contributed by atoms with Crippen molar-refractivity contribution in [3.05, 3.63) is 23.8 Å². The molecular weight excluding hydrogens is 258 g/mol. The lowest BCUT2D eigenvalue weighted by molar-refractivity contribution is -0.124. The van der Waals surface area contributed by atoms with Gasteiger partial charge in [0.1, 0.15) is 0 Å². The van der Waals surface area contributed by atoms with E-state index in [-0.39, 0.29) is 24.7 Å². The Hall–Kier alpha value is -1.75. The summed E-state index contributed by atoms with van der Waals surface area (Å²) in [6.07, 6.45) is 0. The first-order valence-corrected chi connectivity index (χ1v) is 6.66. The molecule has 0 aromatic heterocycles. The zero-order valence-corrected chi connectivity index (χ0v) is 12.5. The normalized spacial score (nSPS) is 11.1. The van der Waals surface area contributed by atoms with Crippen LogP contribution in [0.25, 0.3) is 0 Å². The van der Waals surface area contributed by atoms with Gasteiger partial charge < -0.3 is 19.9 Å². The summed E-state index contributed by atoms with van der Waals surface area (Å²) >= 11 is 0.